The number of ether oxygens (including phenoxy) is 1. The second-order valence-electron chi connectivity index (χ2n) is 5.88. The van der Waals surface area contributed by atoms with Crippen molar-refractivity contribution >= 4 is 11.9 Å². The van der Waals surface area contributed by atoms with E-state index in [0.29, 0.717) is 23.7 Å². The molecule has 19 heavy (non-hydrogen) atoms. The molecule has 2 aliphatic rings. The molecule has 2 bridgehead atoms. The van der Waals surface area contributed by atoms with Crippen LogP contribution in [0.1, 0.15) is 26.7 Å². The Balaban J connectivity index is 1.78. The van der Waals surface area contributed by atoms with Crippen LogP contribution in [0.3, 0.4) is 0 Å². The van der Waals surface area contributed by atoms with Gasteiger partial charge < -0.3 is 15.2 Å². The van der Waals surface area contributed by atoms with Gasteiger partial charge in [-0.3, -0.25) is 9.59 Å². The predicted octanol–water partition coefficient (Wildman–Crippen LogP) is 0.566. The van der Waals surface area contributed by atoms with Gasteiger partial charge in [-0.1, -0.05) is 13.8 Å². The fourth-order valence-corrected chi connectivity index (χ4v) is 3.74. The number of rotatable bonds is 5. The third-order valence-electron chi connectivity index (χ3n) is 4.99. The topological polar surface area (TPSA) is 75.6 Å². The number of hydrogen-bond acceptors (Lipinski definition) is 4. The highest BCUT2D eigenvalue weighted by Crippen LogP contribution is 2.54. The lowest BCUT2D eigenvalue weighted by molar-refractivity contribution is -0.145. The molecule has 0 aromatic rings. The maximum atomic E-state index is 12.1. The summed E-state index contributed by atoms with van der Waals surface area (Å²) in [5.74, 6) is 1.98. The molecular weight excluding hydrogens is 246 g/mol. The van der Waals surface area contributed by atoms with Crippen molar-refractivity contribution < 1.29 is 19.4 Å². The van der Waals surface area contributed by atoms with E-state index in [0.717, 1.165) is 12.8 Å². The molecule has 0 radical (unpaired) electrons. The summed E-state index contributed by atoms with van der Waals surface area (Å²) in [6.45, 7) is 4.19. The van der Waals surface area contributed by atoms with Crippen LogP contribution in [0.15, 0.2) is 0 Å². The Hall–Kier alpha value is -1.10. The SMILES string of the molecule is CC1C2CC(C(=O)NCC(=O)OCCO)C(C2)C1C. The van der Waals surface area contributed by atoms with E-state index < -0.39 is 5.97 Å². The molecule has 2 saturated carbocycles. The fourth-order valence-electron chi connectivity index (χ4n) is 3.74. The molecule has 2 fully saturated rings. The number of carbonyl (C=O) groups excluding carboxylic acids is 2. The van der Waals surface area contributed by atoms with Crippen molar-refractivity contribution in [1.82, 2.24) is 5.32 Å². The maximum Gasteiger partial charge on any atom is 0.325 e. The molecule has 2 rings (SSSR count). The smallest absolute Gasteiger partial charge is 0.325 e. The second kappa shape index (κ2) is 5.90. The van der Waals surface area contributed by atoms with Gasteiger partial charge in [0.1, 0.15) is 13.2 Å². The van der Waals surface area contributed by atoms with Gasteiger partial charge in [-0.25, -0.2) is 0 Å². The lowest BCUT2D eigenvalue weighted by atomic mass is 9.75. The highest BCUT2D eigenvalue weighted by Gasteiger charge is 2.50. The van der Waals surface area contributed by atoms with E-state index in [9.17, 15) is 9.59 Å². The highest BCUT2D eigenvalue weighted by atomic mass is 16.5. The highest BCUT2D eigenvalue weighted by molar-refractivity contribution is 5.84. The van der Waals surface area contributed by atoms with Crippen molar-refractivity contribution in [3.8, 4) is 0 Å². The molecule has 0 aliphatic heterocycles. The van der Waals surface area contributed by atoms with Gasteiger partial charge in [0.2, 0.25) is 5.91 Å². The summed E-state index contributed by atoms with van der Waals surface area (Å²) in [6.07, 6.45) is 2.10. The van der Waals surface area contributed by atoms with E-state index in [1.54, 1.807) is 0 Å². The van der Waals surface area contributed by atoms with E-state index in [4.69, 9.17) is 9.84 Å². The molecule has 5 nitrogen and oxygen atoms in total. The summed E-state index contributed by atoms with van der Waals surface area (Å²) in [5, 5.41) is 11.2. The van der Waals surface area contributed by atoms with Gasteiger partial charge in [0.15, 0.2) is 0 Å². The summed E-state index contributed by atoms with van der Waals surface area (Å²) < 4.78 is 4.70. The van der Waals surface area contributed by atoms with Crippen LogP contribution < -0.4 is 5.32 Å². The molecule has 0 spiro atoms. The Kier molecular flexibility index (Phi) is 4.45. The number of carbonyl (C=O) groups is 2. The van der Waals surface area contributed by atoms with Gasteiger partial charge in [0.05, 0.1) is 6.61 Å². The Bertz CT molecular complexity index is 355. The first-order valence-corrected chi connectivity index (χ1v) is 7.08. The van der Waals surface area contributed by atoms with E-state index >= 15 is 0 Å². The van der Waals surface area contributed by atoms with Crippen LogP contribution in [0, 0.1) is 29.6 Å². The van der Waals surface area contributed by atoms with Gasteiger partial charge in [-0.05, 0) is 36.5 Å². The summed E-state index contributed by atoms with van der Waals surface area (Å²) in [6, 6.07) is 0. The monoisotopic (exact) mass is 269 g/mol. The number of amides is 1. The average molecular weight is 269 g/mol. The third kappa shape index (κ3) is 2.91. The van der Waals surface area contributed by atoms with Gasteiger partial charge in [-0.2, -0.15) is 0 Å². The first kappa shape index (κ1) is 14.3. The first-order valence-electron chi connectivity index (χ1n) is 7.08. The maximum absolute atomic E-state index is 12.1. The van der Waals surface area contributed by atoms with Crippen LogP contribution in [-0.2, 0) is 14.3 Å². The van der Waals surface area contributed by atoms with Gasteiger partial charge in [0.25, 0.3) is 0 Å². The van der Waals surface area contributed by atoms with Crippen molar-refractivity contribution in [3.63, 3.8) is 0 Å². The molecule has 5 heteroatoms. The zero-order chi connectivity index (χ0) is 14.0. The molecular formula is C14H23NO4. The van der Waals surface area contributed by atoms with Crippen LogP contribution in [0.4, 0.5) is 0 Å². The minimum Gasteiger partial charge on any atom is -0.462 e. The largest absolute Gasteiger partial charge is 0.462 e. The standard InChI is InChI=1S/C14H23NO4/c1-8-9(2)11-5-10(8)6-12(11)14(18)15-7-13(17)19-4-3-16/h8-12,16H,3-7H2,1-2H3,(H,15,18). The molecule has 2 N–H and O–H groups in total. The summed E-state index contributed by atoms with van der Waals surface area (Å²) >= 11 is 0. The predicted molar refractivity (Wildman–Crippen MR) is 69.1 cm³/mol. The zero-order valence-corrected chi connectivity index (χ0v) is 11.6. The molecule has 0 aromatic heterocycles. The van der Waals surface area contributed by atoms with Crippen molar-refractivity contribution in [2.75, 3.05) is 19.8 Å². The fraction of sp³-hybridized carbons (Fsp3) is 0.857. The van der Waals surface area contributed by atoms with Crippen molar-refractivity contribution in [2.45, 2.75) is 26.7 Å². The summed E-state index contributed by atoms with van der Waals surface area (Å²) in [5.41, 5.74) is 0. The van der Waals surface area contributed by atoms with Crippen LogP contribution in [-0.4, -0.2) is 36.7 Å². The van der Waals surface area contributed by atoms with E-state index in [1.165, 1.54) is 0 Å². The van der Waals surface area contributed by atoms with E-state index in [1.807, 2.05) is 0 Å². The third-order valence-corrected chi connectivity index (χ3v) is 4.99. The number of nitrogens with one attached hydrogen (secondary N) is 1. The van der Waals surface area contributed by atoms with Crippen molar-refractivity contribution in [2.24, 2.45) is 29.6 Å². The van der Waals surface area contributed by atoms with Crippen LogP contribution in [0.5, 0.6) is 0 Å². The normalized spacial score (nSPS) is 36.3. The Morgan fingerprint density at radius 3 is 2.58 bits per heavy atom. The van der Waals surface area contributed by atoms with Gasteiger partial charge in [0, 0.05) is 5.92 Å². The lowest BCUT2D eigenvalue weighted by Gasteiger charge is -2.30. The number of esters is 1. The average Bonchev–Trinajstić information content (AvgIpc) is 2.95. The van der Waals surface area contributed by atoms with Crippen molar-refractivity contribution in [1.29, 1.82) is 0 Å². The van der Waals surface area contributed by atoms with Crippen LogP contribution in [0.2, 0.25) is 0 Å². The number of fused-ring (bicyclic) bond motifs is 2. The molecule has 0 saturated heterocycles. The Morgan fingerprint density at radius 1 is 1.26 bits per heavy atom. The molecule has 5 unspecified atom stereocenters. The quantitative estimate of drug-likeness (QED) is 0.715. The van der Waals surface area contributed by atoms with Crippen LogP contribution in [0.25, 0.3) is 0 Å². The molecule has 1 amide bonds. The second-order valence-corrected chi connectivity index (χ2v) is 5.88. The summed E-state index contributed by atoms with van der Waals surface area (Å²) in [4.78, 5) is 23.3. The molecule has 0 aromatic carbocycles. The molecule has 2 aliphatic carbocycles. The van der Waals surface area contributed by atoms with Gasteiger partial charge in [-0.15, -0.1) is 0 Å². The van der Waals surface area contributed by atoms with E-state index in [2.05, 4.69) is 19.2 Å². The molecule has 108 valence electrons. The Morgan fingerprint density at radius 2 is 2.00 bits per heavy atom. The van der Waals surface area contributed by atoms with Crippen LogP contribution >= 0.6 is 0 Å². The van der Waals surface area contributed by atoms with Crippen molar-refractivity contribution in [3.05, 3.63) is 0 Å². The first-order chi connectivity index (χ1) is 9.04. The molecule has 0 heterocycles. The van der Waals surface area contributed by atoms with Gasteiger partial charge >= 0.3 is 5.97 Å². The summed E-state index contributed by atoms with van der Waals surface area (Å²) in [7, 11) is 0. The number of aliphatic hydroxyl groups excluding tert-OH is 1. The van der Waals surface area contributed by atoms with E-state index in [-0.39, 0.29) is 31.6 Å². The Labute approximate surface area is 113 Å². The number of aliphatic hydroxyl groups is 1. The minimum absolute atomic E-state index is 0.0165. The minimum atomic E-state index is -0.494. The number of hydrogen-bond donors (Lipinski definition) is 2. The molecule has 5 atom stereocenters. The zero-order valence-electron chi connectivity index (χ0n) is 11.6. The lowest BCUT2D eigenvalue weighted by Crippen LogP contribution is -2.40.